The molecule has 0 saturated heterocycles. The van der Waals surface area contributed by atoms with E-state index in [-0.39, 0.29) is 42.2 Å². The summed E-state index contributed by atoms with van der Waals surface area (Å²) in [5.41, 5.74) is -4.35. The molecule has 4 aliphatic carbocycles. The molecule has 0 aliphatic heterocycles. The average molecular weight is 510 g/mol. The van der Waals surface area contributed by atoms with E-state index in [1.165, 1.54) is 0 Å². The van der Waals surface area contributed by atoms with Gasteiger partial charge in [0.05, 0.1) is 11.3 Å². The Kier molecular flexibility index (Phi) is 5.64. The highest BCUT2D eigenvalue weighted by Gasteiger charge is 2.68. The van der Waals surface area contributed by atoms with Crippen LogP contribution in [0.3, 0.4) is 0 Å². The molecular weight excluding hydrogens is 474 g/mol. The highest BCUT2D eigenvalue weighted by molar-refractivity contribution is 6.23. The van der Waals surface area contributed by atoms with Gasteiger partial charge in [0, 0.05) is 28.9 Å². The van der Waals surface area contributed by atoms with Gasteiger partial charge < -0.3 is 25.7 Å². The number of benzene rings is 1. The Bertz CT molecular complexity index is 1300. The minimum absolute atomic E-state index is 0.100. The summed E-state index contributed by atoms with van der Waals surface area (Å²) in [4.78, 5) is 38.9. The number of hydrogen-bond acceptors (Lipinski definition) is 8. The van der Waals surface area contributed by atoms with Crippen molar-refractivity contribution in [3.8, 4) is 5.75 Å². The van der Waals surface area contributed by atoms with E-state index in [9.17, 15) is 34.8 Å². The van der Waals surface area contributed by atoms with Crippen molar-refractivity contribution in [2.24, 2.45) is 16.7 Å². The Balaban J connectivity index is 1.62. The molecule has 2 saturated carbocycles. The summed E-state index contributed by atoms with van der Waals surface area (Å²) in [5, 5.41) is 48.8. The van der Waals surface area contributed by atoms with Crippen LogP contribution >= 0.6 is 0 Å². The Morgan fingerprint density at radius 3 is 2.30 bits per heavy atom. The quantitative estimate of drug-likeness (QED) is 0.300. The molecule has 8 heteroatoms. The number of hydrogen-bond donors (Lipinski definition) is 5. The van der Waals surface area contributed by atoms with Crippen LogP contribution in [-0.4, -0.2) is 49.4 Å². The predicted molar refractivity (Wildman–Crippen MR) is 137 cm³/mol. The molecule has 0 spiro atoms. The molecule has 5 N–H and O–H groups in total. The van der Waals surface area contributed by atoms with Gasteiger partial charge >= 0.3 is 0 Å². The third-order valence-electron chi connectivity index (χ3n) is 9.27. The Morgan fingerprint density at radius 2 is 1.68 bits per heavy atom. The summed E-state index contributed by atoms with van der Waals surface area (Å²) >= 11 is 0. The van der Waals surface area contributed by atoms with Gasteiger partial charge in [-0.05, 0) is 63.0 Å². The predicted octanol–water partition coefficient (Wildman–Crippen LogP) is 4.30. The lowest BCUT2D eigenvalue weighted by molar-refractivity contribution is -0.164. The number of aliphatic hydroxyl groups excluding tert-OH is 2. The second-order valence-corrected chi connectivity index (χ2v) is 12.2. The van der Waals surface area contributed by atoms with Crippen molar-refractivity contribution >= 4 is 28.8 Å². The first kappa shape index (κ1) is 25.5. The number of fused-ring (bicyclic) bond motifs is 3. The van der Waals surface area contributed by atoms with E-state index in [1.54, 1.807) is 19.9 Å². The molecule has 198 valence electrons. The Hall–Kier alpha value is -3.13. The molecule has 1 aromatic rings. The number of carbonyl (C=O) groups is 3. The van der Waals surface area contributed by atoms with Crippen molar-refractivity contribution in [2.75, 3.05) is 5.32 Å². The number of phenolic OH excluding ortho intramolecular Hbond substituents is 1. The molecule has 0 amide bonds. The topological polar surface area (TPSA) is 144 Å². The van der Waals surface area contributed by atoms with Crippen LogP contribution in [0.2, 0.25) is 0 Å². The number of aromatic hydroxyl groups is 1. The van der Waals surface area contributed by atoms with Gasteiger partial charge in [-0.3, -0.25) is 14.4 Å². The molecule has 5 rings (SSSR count). The largest absolute Gasteiger partial charge is 0.508 e. The van der Waals surface area contributed by atoms with Crippen LogP contribution < -0.4 is 5.32 Å². The lowest BCUT2D eigenvalue weighted by Gasteiger charge is -2.56. The van der Waals surface area contributed by atoms with Crippen molar-refractivity contribution in [3.05, 3.63) is 40.2 Å². The standard InChI is InChI=1S/C29H35NO7/c1-14-5-8-17(9-6-14)30-18-10-7-16-11-27(3)13-28(4)12-19(32)20(15(2)31)25(35)29(28,37)26(36)22(27)24(34)21(16)23(18)33/h7,10,14,17,30,33-35,37H,5-6,8-9,11-13H2,1-4H3/t14?,17?,27-,28+,29+/m1/s1. The first-order chi connectivity index (χ1) is 17.2. The third kappa shape index (κ3) is 3.48. The fraction of sp³-hybridized carbons (Fsp3) is 0.552. The molecule has 1 aromatic carbocycles. The zero-order valence-electron chi connectivity index (χ0n) is 21.8. The molecule has 0 bridgehead atoms. The number of aliphatic hydroxyl groups is 3. The van der Waals surface area contributed by atoms with Crippen LogP contribution in [0.15, 0.2) is 29.0 Å². The number of nitrogens with one attached hydrogen (secondary N) is 1. The van der Waals surface area contributed by atoms with Gasteiger partial charge in [-0.25, -0.2) is 0 Å². The van der Waals surface area contributed by atoms with Crippen LogP contribution in [0, 0.1) is 16.7 Å². The number of phenols is 1. The van der Waals surface area contributed by atoms with Crippen molar-refractivity contribution in [2.45, 2.75) is 84.3 Å². The fourth-order valence-corrected chi connectivity index (χ4v) is 7.38. The maximum absolute atomic E-state index is 14.0. The van der Waals surface area contributed by atoms with E-state index in [0.29, 0.717) is 17.2 Å². The zero-order chi connectivity index (χ0) is 27.1. The van der Waals surface area contributed by atoms with E-state index in [4.69, 9.17) is 0 Å². The summed E-state index contributed by atoms with van der Waals surface area (Å²) in [6.45, 7) is 6.66. The summed E-state index contributed by atoms with van der Waals surface area (Å²) in [7, 11) is 0. The van der Waals surface area contributed by atoms with Crippen LogP contribution in [0.5, 0.6) is 5.75 Å². The average Bonchev–Trinajstić information content (AvgIpc) is 2.79. The van der Waals surface area contributed by atoms with Gasteiger partial charge in [-0.2, -0.15) is 0 Å². The molecule has 2 fully saturated rings. The lowest BCUT2D eigenvalue weighted by Crippen LogP contribution is -2.65. The van der Waals surface area contributed by atoms with Crippen LogP contribution in [0.1, 0.15) is 77.3 Å². The van der Waals surface area contributed by atoms with E-state index in [2.05, 4.69) is 12.2 Å². The molecule has 0 aromatic heterocycles. The molecule has 8 nitrogen and oxygen atoms in total. The number of rotatable bonds is 3. The van der Waals surface area contributed by atoms with Gasteiger partial charge in [-0.1, -0.05) is 26.8 Å². The smallest absolute Gasteiger partial charge is 0.203 e. The van der Waals surface area contributed by atoms with E-state index in [0.717, 1.165) is 32.6 Å². The molecular formula is C29H35NO7. The molecule has 0 radical (unpaired) electrons. The summed E-state index contributed by atoms with van der Waals surface area (Å²) < 4.78 is 0. The fourth-order valence-electron chi connectivity index (χ4n) is 7.38. The van der Waals surface area contributed by atoms with E-state index >= 15 is 0 Å². The van der Waals surface area contributed by atoms with Crippen molar-refractivity contribution < 1.29 is 34.8 Å². The van der Waals surface area contributed by atoms with E-state index in [1.807, 2.05) is 6.07 Å². The normalized spacial score (nSPS) is 35.6. The van der Waals surface area contributed by atoms with Gasteiger partial charge in [-0.15, -0.1) is 0 Å². The highest BCUT2D eigenvalue weighted by Crippen LogP contribution is 2.62. The number of allylic oxidation sites excluding steroid dienone is 1. The molecule has 3 atom stereocenters. The van der Waals surface area contributed by atoms with Gasteiger partial charge in [0.15, 0.2) is 17.2 Å². The monoisotopic (exact) mass is 509 g/mol. The first-order valence-electron chi connectivity index (χ1n) is 13.0. The zero-order valence-corrected chi connectivity index (χ0v) is 21.8. The Labute approximate surface area is 216 Å². The molecule has 4 aliphatic rings. The highest BCUT2D eigenvalue weighted by atomic mass is 16.3. The second-order valence-electron chi connectivity index (χ2n) is 12.2. The summed E-state index contributed by atoms with van der Waals surface area (Å²) in [6.07, 6.45) is 4.20. The lowest BCUT2D eigenvalue weighted by atomic mass is 9.47. The molecule has 0 heterocycles. The number of carbonyl (C=O) groups excluding carboxylic acids is 3. The van der Waals surface area contributed by atoms with Crippen molar-refractivity contribution in [1.29, 1.82) is 0 Å². The SMILES string of the molecule is CC(=O)C1=C(O)[C@]2(O)C(=O)C3=C(O)c4c(ccc(NC5CCC(C)CC5)c4O)C[C@]3(C)C[C@]2(C)CC1=O. The second kappa shape index (κ2) is 8.18. The number of Topliss-reactive ketones (excluding diaryl/α,β-unsaturated/α-hetero) is 3. The van der Waals surface area contributed by atoms with Gasteiger partial charge in [0.1, 0.15) is 22.8 Å². The van der Waals surface area contributed by atoms with Crippen LogP contribution in [-0.2, 0) is 20.8 Å². The maximum Gasteiger partial charge on any atom is 0.203 e. The summed E-state index contributed by atoms with van der Waals surface area (Å²) in [6, 6.07) is 3.80. The minimum Gasteiger partial charge on any atom is -0.508 e. The Morgan fingerprint density at radius 1 is 1.03 bits per heavy atom. The summed E-state index contributed by atoms with van der Waals surface area (Å²) in [5.74, 6) is -3.21. The molecule has 0 unspecified atom stereocenters. The van der Waals surface area contributed by atoms with Crippen molar-refractivity contribution in [1.82, 2.24) is 0 Å². The third-order valence-corrected chi connectivity index (χ3v) is 9.27. The van der Waals surface area contributed by atoms with Crippen LogP contribution in [0.4, 0.5) is 5.69 Å². The molecule has 37 heavy (non-hydrogen) atoms. The van der Waals surface area contributed by atoms with E-state index < -0.39 is 50.9 Å². The van der Waals surface area contributed by atoms with Crippen LogP contribution in [0.25, 0.3) is 5.76 Å². The van der Waals surface area contributed by atoms with Crippen molar-refractivity contribution in [3.63, 3.8) is 0 Å². The first-order valence-corrected chi connectivity index (χ1v) is 13.0. The van der Waals surface area contributed by atoms with Gasteiger partial charge in [0.2, 0.25) is 5.78 Å². The maximum atomic E-state index is 14.0. The number of ketones is 3. The number of anilines is 1. The minimum atomic E-state index is -2.55. The van der Waals surface area contributed by atoms with Gasteiger partial charge in [0.25, 0.3) is 0 Å².